The normalized spacial score (nSPS) is 11.1. The van der Waals surface area contributed by atoms with Gasteiger partial charge >= 0.3 is 12.1 Å². The van der Waals surface area contributed by atoms with E-state index in [2.05, 4.69) is 36.5 Å². The lowest BCUT2D eigenvalue weighted by Crippen LogP contribution is -2.21. The highest BCUT2D eigenvalue weighted by atomic mass is 33.1. The number of fused-ring (bicyclic) bond motifs is 3. The second-order valence-electron chi connectivity index (χ2n) is 7.11. The van der Waals surface area contributed by atoms with Gasteiger partial charge in [-0.05, 0) is 34.4 Å². The lowest BCUT2D eigenvalue weighted by molar-refractivity contribution is -0.132. The van der Waals surface area contributed by atoms with Gasteiger partial charge in [-0.25, -0.2) is 4.79 Å². The highest BCUT2D eigenvalue weighted by Gasteiger charge is 2.28. The first-order valence-corrected chi connectivity index (χ1v) is 13.0. The first-order chi connectivity index (χ1) is 16.0. The molecule has 5 nitrogen and oxygen atoms in total. The predicted octanol–water partition coefficient (Wildman–Crippen LogP) is 7.16. The average molecular weight is 498 g/mol. The van der Waals surface area contributed by atoms with Gasteiger partial charge in [0.25, 0.3) is 0 Å². The van der Waals surface area contributed by atoms with Crippen molar-refractivity contribution in [3.8, 4) is 16.9 Å². The highest BCUT2D eigenvalue weighted by Crippen LogP contribution is 2.44. The number of esters is 1. The van der Waals surface area contributed by atoms with Gasteiger partial charge in [-0.2, -0.15) is 0 Å². The molecule has 1 aliphatic carbocycles. The second-order valence-corrected chi connectivity index (χ2v) is 9.73. The molecule has 3 aromatic carbocycles. The van der Waals surface area contributed by atoms with Gasteiger partial charge < -0.3 is 14.8 Å². The topological polar surface area (TPSA) is 64.6 Å². The maximum absolute atomic E-state index is 11.3. The van der Waals surface area contributed by atoms with Gasteiger partial charge in [0, 0.05) is 25.6 Å². The summed E-state index contributed by atoms with van der Waals surface area (Å²) in [5, 5.41) is 2.48. The Bertz CT molecular complexity index is 1060. The van der Waals surface area contributed by atoms with E-state index in [1.807, 2.05) is 42.5 Å². The highest BCUT2D eigenvalue weighted by molar-refractivity contribution is 8.76. The molecule has 0 fully saturated rings. The summed E-state index contributed by atoms with van der Waals surface area (Å²) in [4.78, 5) is 23.1. The molecule has 0 unspecified atom stereocenters. The zero-order valence-electron chi connectivity index (χ0n) is 18.9. The van der Waals surface area contributed by atoms with Crippen LogP contribution in [0.5, 0.6) is 5.75 Å². The number of carbonyl (C=O) groups excluding carboxylic acids is 2. The Kier molecular flexibility index (Phi) is 11.0. The number of rotatable bonds is 6. The number of hydrogen-bond acceptors (Lipinski definition) is 6. The fraction of sp³-hybridized carbons (Fsp3) is 0.259. The van der Waals surface area contributed by atoms with E-state index in [0.29, 0.717) is 12.4 Å². The van der Waals surface area contributed by atoms with Crippen molar-refractivity contribution in [3.63, 3.8) is 0 Å². The van der Waals surface area contributed by atoms with Crippen molar-refractivity contribution in [2.24, 2.45) is 0 Å². The van der Waals surface area contributed by atoms with E-state index < -0.39 is 0 Å². The van der Waals surface area contributed by atoms with Crippen LogP contribution in [0.4, 0.5) is 4.79 Å². The molecule has 0 heterocycles. The maximum atomic E-state index is 11.3. The summed E-state index contributed by atoms with van der Waals surface area (Å²) in [6.07, 6.45) is -0.387. The summed E-state index contributed by atoms with van der Waals surface area (Å²) in [5.41, 5.74) is 4.94. The number of carbonyl (C=O) groups is 2. The first kappa shape index (κ1) is 27.3. The van der Waals surface area contributed by atoms with Crippen LogP contribution in [0.3, 0.4) is 0 Å². The van der Waals surface area contributed by atoms with E-state index in [-0.39, 0.29) is 25.4 Å². The summed E-state index contributed by atoms with van der Waals surface area (Å²) in [5.74, 6) is 1.52. The molecule has 0 spiro atoms. The van der Waals surface area contributed by atoms with Crippen LogP contribution < -0.4 is 10.1 Å². The van der Waals surface area contributed by atoms with Crippen molar-refractivity contribution in [3.05, 3.63) is 83.9 Å². The van der Waals surface area contributed by atoms with E-state index in [0.717, 1.165) is 10.6 Å². The summed E-state index contributed by atoms with van der Waals surface area (Å²) in [7, 11) is 4.92. The van der Waals surface area contributed by atoms with Crippen LogP contribution in [-0.2, 0) is 9.53 Å². The van der Waals surface area contributed by atoms with Crippen molar-refractivity contribution in [1.29, 1.82) is 0 Å². The van der Waals surface area contributed by atoms with Crippen molar-refractivity contribution >= 4 is 33.7 Å². The van der Waals surface area contributed by atoms with E-state index in [1.54, 1.807) is 34.7 Å². The number of nitrogens with one attached hydrogen (secondary N) is 1. The van der Waals surface area contributed by atoms with Crippen molar-refractivity contribution in [1.82, 2.24) is 5.32 Å². The quantitative estimate of drug-likeness (QED) is 0.221. The molecule has 180 valence electrons. The van der Waals surface area contributed by atoms with E-state index in [1.165, 1.54) is 29.2 Å². The zero-order valence-corrected chi connectivity index (χ0v) is 20.5. The molecule has 0 bridgehead atoms. The standard InChI is InChI=1S/C16H15NO2.C10H12O2S2.CH4/c1-17-16(18)19-10-15-13-8-4-2-6-11(13)12-7-3-5-9-14(12)15;1-3-13-14-10-7-5-4-6-9(10)12-8(2)11;/h2-9,15H,10H2,1H3,(H,17,18);4-7H,3H2,1-2H3;1H4. The molecule has 0 aliphatic heterocycles. The Hall–Kier alpha value is -2.90. The molecule has 0 atom stereocenters. The van der Waals surface area contributed by atoms with E-state index >= 15 is 0 Å². The van der Waals surface area contributed by atoms with Crippen molar-refractivity contribution in [2.75, 3.05) is 19.4 Å². The van der Waals surface area contributed by atoms with Crippen LogP contribution in [0.1, 0.15) is 38.3 Å². The largest absolute Gasteiger partial charge is 0.449 e. The number of benzene rings is 3. The third kappa shape index (κ3) is 7.05. The molecule has 0 saturated carbocycles. The van der Waals surface area contributed by atoms with Gasteiger partial charge in [0.2, 0.25) is 0 Å². The van der Waals surface area contributed by atoms with Crippen LogP contribution in [0.25, 0.3) is 11.1 Å². The molecule has 0 aromatic heterocycles. The maximum Gasteiger partial charge on any atom is 0.406 e. The summed E-state index contributed by atoms with van der Waals surface area (Å²) in [6, 6.07) is 24.1. The van der Waals surface area contributed by atoms with Crippen LogP contribution in [-0.4, -0.2) is 31.5 Å². The van der Waals surface area contributed by atoms with Gasteiger partial charge in [-0.15, -0.1) is 0 Å². The minimum absolute atomic E-state index is 0. The van der Waals surface area contributed by atoms with Crippen LogP contribution >= 0.6 is 21.6 Å². The number of amides is 1. The average Bonchev–Trinajstić information content (AvgIpc) is 3.16. The Morgan fingerprint density at radius 3 is 2.03 bits per heavy atom. The molecule has 0 radical (unpaired) electrons. The molecule has 1 N–H and O–H groups in total. The number of alkyl carbamates (subject to hydrolysis) is 1. The Morgan fingerprint density at radius 2 is 1.47 bits per heavy atom. The van der Waals surface area contributed by atoms with Crippen LogP contribution in [0.2, 0.25) is 0 Å². The number of ether oxygens (including phenoxy) is 2. The van der Waals surface area contributed by atoms with Crippen LogP contribution in [0, 0.1) is 0 Å². The molecule has 1 aliphatic rings. The molecule has 0 saturated heterocycles. The van der Waals surface area contributed by atoms with Gasteiger partial charge in [0.05, 0.1) is 4.90 Å². The third-order valence-electron chi connectivity index (χ3n) is 4.92. The van der Waals surface area contributed by atoms with E-state index in [4.69, 9.17) is 9.47 Å². The molecule has 7 heteroatoms. The van der Waals surface area contributed by atoms with Gasteiger partial charge in [-0.3, -0.25) is 4.79 Å². The molecule has 1 amide bonds. The lowest BCUT2D eigenvalue weighted by atomic mass is 9.98. The minimum atomic E-state index is -0.387. The second kappa shape index (κ2) is 13.7. The SMILES string of the molecule is C.CCSSc1ccccc1OC(C)=O.CNC(=O)OCC1c2ccccc2-c2ccccc21. The molecule has 34 heavy (non-hydrogen) atoms. The molecular formula is C27H31NO4S2. The van der Waals surface area contributed by atoms with Crippen molar-refractivity contribution < 1.29 is 19.1 Å². The minimum Gasteiger partial charge on any atom is -0.449 e. The molecule has 4 rings (SSSR count). The lowest BCUT2D eigenvalue weighted by Gasteiger charge is -2.13. The summed E-state index contributed by atoms with van der Waals surface area (Å²) >= 11 is 0. The van der Waals surface area contributed by atoms with E-state index in [9.17, 15) is 9.59 Å². The predicted molar refractivity (Wildman–Crippen MR) is 143 cm³/mol. The molecular weight excluding hydrogens is 466 g/mol. The molecule has 3 aromatic rings. The Morgan fingerprint density at radius 1 is 0.912 bits per heavy atom. The Labute approximate surface area is 210 Å². The monoisotopic (exact) mass is 497 g/mol. The fourth-order valence-electron chi connectivity index (χ4n) is 3.55. The zero-order chi connectivity index (χ0) is 23.6. The van der Waals surface area contributed by atoms with Gasteiger partial charge in [0.1, 0.15) is 12.4 Å². The third-order valence-corrected chi connectivity index (χ3v) is 7.39. The first-order valence-electron chi connectivity index (χ1n) is 10.6. The van der Waals surface area contributed by atoms with Gasteiger partial charge in [0.15, 0.2) is 0 Å². The van der Waals surface area contributed by atoms with Crippen LogP contribution in [0.15, 0.2) is 77.7 Å². The summed E-state index contributed by atoms with van der Waals surface area (Å²) < 4.78 is 10.3. The number of hydrogen-bond donors (Lipinski definition) is 1. The fourth-order valence-corrected chi connectivity index (χ4v) is 5.27. The smallest absolute Gasteiger partial charge is 0.406 e. The Balaban J connectivity index is 0.000000245. The summed E-state index contributed by atoms with van der Waals surface area (Å²) in [6.45, 7) is 3.87. The number of para-hydroxylation sites is 1. The van der Waals surface area contributed by atoms with Gasteiger partial charge in [-0.1, -0.05) is 96.6 Å². The van der Waals surface area contributed by atoms with Crippen molar-refractivity contribution in [2.45, 2.75) is 32.1 Å².